The minimum Gasteiger partial charge on any atom is -0.368 e. The Kier molecular flexibility index (Phi) is 2.74. The zero-order chi connectivity index (χ0) is 9.68. The number of aromatic nitrogens is 2. The van der Waals surface area contributed by atoms with Crippen molar-refractivity contribution in [3.8, 4) is 0 Å². The van der Waals surface area contributed by atoms with Crippen molar-refractivity contribution in [2.75, 3.05) is 5.73 Å². The molecule has 1 rings (SSSR count). The van der Waals surface area contributed by atoms with E-state index in [0.29, 0.717) is 5.56 Å². The molecule has 0 aliphatic heterocycles. The average Bonchev–Trinajstić information content (AvgIpc) is 2.08. The van der Waals surface area contributed by atoms with Gasteiger partial charge in [-0.25, -0.2) is 20.2 Å². The average molecular weight is 180 g/mol. The predicted molar refractivity (Wildman–Crippen MR) is 46.8 cm³/mol. The second-order valence-corrected chi connectivity index (χ2v) is 2.11. The molecular weight excluding hydrogens is 172 g/mol. The minimum absolute atomic E-state index is 0.181. The highest BCUT2D eigenvalue weighted by atomic mass is 16.2. The largest absolute Gasteiger partial charge is 0.368 e. The molecule has 0 spiro atoms. The van der Waals surface area contributed by atoms with Crippen molar-refractivity contribution in [3.63, 3.8) is 0 Å². The van der Waals surface area contributed by atoms with E-state index in [4.69, 9.17) is 11.5 Å². The van der Waals surface area contributed by atoms with E-state index in [2.05, 4.69) is 15.1 Å². The van der Waals surface area contributed by atoms with Crippen LogP contribution in [0.5, 0.6) is 0 Å². The first-order valence-electron chi connectivity index (χ1n) is 3.34. The molecule has 0 unspecified atom stereocenters. The lowest BCUT2D eigenvalue weighted by atomic mass is 10.4. The van der Waals surface area contributed by atoms with Crippen LogP contribution in [0.1, 0.15) is 5.56 Å². The zero-order valence-electron chi connectivity index (χ0n) is 6.64. The first kappa shape index (κ1) is 8.91. The van der Waals surface area contributed by atoms with Crippen molar-refractivity contribution in [1.29, 1.82) is 0 Å². The number of nitrogen functional groups attached to an aromatic ring is 1. The van der Waals surface area contributed by atoms with Crippen molar-refractivity contribution in [2.45, 2.75) is 0 Å². The van der Waals surface area contributed by atoms with Crippen molar-refractivity contribution in [3.05, 3.63) is 18.0 Å². The van der Waals surface area contributed by atoms with E-state index in [0.717, 1.165) is 0 Å². The van der Waals surface area contributed by atoms with Gasteiger partial charge in [-0.1, -0.05) is 0 Å². The third-order valence-electron chi connectivity index (χ3n) is 1.08. The number of hydrazone groups is 1. The Morgan fingerprint density at radius 2 is 2.15 bits per heavy atom. The van der Waals surface area contributed by atoms with Crippen LogP contribution < -0.4 is 16.9 Å². The normalized spacial score (nSPS) is 10.2. The summed E-state index contributed by atoms with van der Waals surface area (Å²) in [6.07, 6.45) is 4.28. The van der Waals surface area contributed by atoms with Crippen LogP contribution in [0.15, 0.2) is 17.5 Å². The number of nitrogens with one attached hydrogen (secondary N) is 1. The van der Waals surface area contributed by atoms with Gasteiger partial charge in [-0.05, 0) is 0 Å². The van der Waals surface area contributed by atoms with E-state index in [-0.39, 0.29) is 5.95 Å². The molecule has 1 aromatic heterocycles. The van der Waals surface area contributed by atoms with Crippen LogP contribution >= 0.6 is 0 Å². The van der Waals surface area contributed by atoms with Gasteiger partial charge in [-0.2, -0.15) is 5.10 Å². The van der Waals surface area contributed by atoms with Crippen LogP contribution in [0.3, 0.4) is 0 Å². The molecule has 0 fully saturated rings. The number of amides is 2. The van der Waals surface area contributed by atoms with Gasteiger partial charge in [-0.3, -0.25) is 0 Å². The van der Waals surface area contributed by atoms with Gasteiger partial charge in [-0.15, -0.1) is 0 Å². The third-order valence-corrected chi connectivity index (χ3v) is 1.08. The smallest absolute Gasteiger partial charge is 0.332 e. The molecule has 7 nitrogen and oxygen atoms in total. The van der Waals surface area contributed by atoms with Crippen LogP contribution in [0.4, 0.5) is 10.7 Å². The summed E-state index contributed by atoms with van der Waals surface area (Å²) >= 11 is 0. The van der Waals surface area contributed by atoms with E-state index in [1.807, 2.05) is 5.43 Å². The van der Waals surface area contributed by atoms with Crippen LogP contribution in [-0.4, -0.2) is 22.2 Å². The molecule has 1 aromatic rings. The Hall–Kier alpha value is -2.18. The lowest BCUT2D eigenvalue weighted by molar-refractivity contribution is 0.249. The quantitative estimate of drug-likeness (QED) is 0.402. The molecule has 7 heteroatoms. The fourth-order valence-electron chi connectivity index (χ4n) is 0.585. The molecule has 2 amide bonds. The number of anilines is 1. The van der Waals surface area contributed by atoms with E-state index in [1.165, 1.54) is 18.6 Å². The summed E-state index contributed by atoms with van der Waals surface area (Å²) in [5.74, 6) is 0.181. The lowest BCUT2D eigenvalue weighted by Crippen LogP contribution is -2.24. The van der Waals surface area contributed by atoms with Crippen LogP contribution in [-0.2, 0) is 0 Å². The molecule has 0 aliphatic carbocycles. The maximum atomic E-state index is 10.2. The molecule has 0 saturated heterocycles. The van der Waals surface area contributed by atoms with Crippen LogP contribution in [0.25, 0.3) is 0 Å². The Morgan fingerprint density at radius 3 is 2.69 bits per heavy atom. The van der Waals surface area contributed by atoms with Gasteiger partial charge >= 0.3 is 6.03 Å². The van der Waals surface area contributed by atoms with E-state index < -0.39 is 6.03 Å². The van der Waals surface area contributed by atoms with Gasteiger partial charge in [0.1, 0.15) is 0 Å². The topological polar surface area (TPSA) is 119 Å². The van der Waals surface area contributed by atoms with Crippen LogP contribution in [0.2, 0.25) is 0 Å². The number of nitrogens with two attached hydrogens (primary N) is 2. The number of carbonyl (C=O) groups is 1. The predicted octanol–water partition coefficient (Wildman–Crippen LogP) is -0.939. The molecular formula is C6H8N6O. The Balaban J connectivity index is 2.59. The summed E-state index contributed by atoms with van der Waals surface area (Å²) in [6.45, 7) is 0. The number of urea groups is 1. The number of carbonyl (C=O) groups excluding carboxylic acids is 1. The molecule has 0 atom stereocenters. The first-order valence-corrected chi connectivity index (χ1v) is 3.34. The van der Waals surface area contributed by atoms with E-state index in [1.54, 1.807) is 0 Å². The molecule has 0 saturated carbocycles. The molecule has 0 aromatic carbocycles. The SMILES string of the molecule is NC(=O)N/N=C\c1cnc(N)nc1. The Bertz CT molecular complexity index is 318. The number of hydrogen-bond donors (Lipinski definition) is 3. The highest BCUT2D eigenvalue weighted by Crippen LogP contribution is 1.91. The van der Waals surface area contributed by atoms with Gasteiger partial charge in [0, 0.05) is 18.0 Å². The molecule has 13 heavy (non-hydrogen) atoms. The number of primary amides is 1. The molecule has 1 heterocycles. The van der Waals surface area contributed by atoms with Gasteiger partial charge < -0.3 is 11.5 Å². The third kappa shape index (κ3) is 3.14. The molecule has 5 N–H and O–H groups in total. The van der Waals surface area contributed by atoms with Gasteiger partial charge in [0.2, 0.25) is 5.95 Å². The summed E-state index contributed by atoms with van der Waals surface area (Å²) < 4.78 is 0. The van der Waals surface area contributed by atoms with Gasteiger partial charge in [0.05, 0.1) is 6.21 Å². The fourth-order valence-corrected chi connectivity index (χ4v) is 0.585. The summed E-state index contributed by atoms with van der Waals surface area (Å²) in [7, 11) is 0. The Labute approximate surface area is 73.9 Å². The summed E-state index contributed by atoms with van der Waals surface area (Å²) in [6, 6.07) is -0.729. The first-order chi connectivity index (χ1) is 6.18. The van der Waals surface area contributed by atoms with Gasteiger partial charge in [0.25, 0.3) is 0 Å². The second kappa shape index (κ2) is 4.00. The summed E-state index contributed by atoms with van der Waals surface area (Å²) in [4.78, 5) is 17.6. The molecule has 68 valence electrons. The van der Waals surface area contributed by atoms with Crippen molar-refractivity contribution in [1.82, 2.24) is 15.4 Å². The number of hydrogen-bond acceptors (Lipinski definition) is 5. The Morgan fingerprint density at radius 1 is 1.54 bits per heavy atom. The maximum Gasteiger partial charge on any atom is 0.332 e. The van der Waals surface area contributed by atoms with E-state index in [9.17, 15) is 4.79 Å². The number of rotatable bonds is 2. The number of nitrogens with zero attached hydrogens (tertiary/aromatic N) is 3. The van der Waals surface area contributed by atoms with Crippen LogP contribution in [0, 0.1) is 0 Å². The minimum atomic E-state index is -0.729. The monoisotopic (exact) mass is 180 g/mol. The highest BCUT2D eigenvalue weighted by molar-refractivity contribution is 5.80. The maximum absolute atomic E-state index is 10.2. The summed E-state index contributed by atoms with van der Waals surface area (Å²) in [5, 5.41) is 3.50. The molecule has 0 radical (unpaired) electrons. The summed E-state index contributed by atoms with van der Waals surface area (Å²) in [5.41, 5.74) is 12.7. The lowest BCUT2D eigenvalue weighted by Gasteiger charge is -1.92. The molecule has 0 bridgehead atoms. The van der Waals surface area contributed by atoms with E-state index >= 15 is 0 Å². The van der Waals surface area contributed by atoms with Crippen molar-refractivity contribution in [2.24, 2.45) is 10.8 Å². The second-order valence-electron chi connectivity index (χ2n) is 2.11. The zero-order valence-corrected chi connectivity index (χ0v) is 6.64. The van der Waals surface area contributed by atoms with Gasteiger partial charge in [0.15, 0.2) is 0 Å². The standard InChI is InChI=1S/C6H8N6O/c7-5-9-1-4(2-10-5)3-11-12-6(8)13/h1-3H,(H2,7,9,10)(H3,8,12,13)/b11-3-. The fraction of sp³-hybridized carbons (Fsp3) is 0. The van der Waals surface area contributed by atoms with Crippen molar-refractivity contribution < 1.29 is 4.79 Å². The highest BCUT2D eigenvalue weighted by Gasteiger charge is 1.90. The van der Waals surface area contributed by atoms with Crippen molar-refractivity contribution >= 4 is 18.2 Å². The molecule has 0 aliphatic rings.